The molecule has 2 amide bonds. The molecule has 1 atom stereocenters. The molecule has 19 heavy (non-hydrogen) atoms. The minimum Gasteiger partial charge on any atom is -0.467 e. The number of hydrogen-bond donors (Lipinski definition) is 1. The molecule has 7 nitrogen and oxygen atoms in total. The Balaban J connectivity index is 2.11. The van der Waals surface area contributed by atoms with Crippen LogP contribution in [0.1, 0.15) is 20.8 Å². The lowest BCUT2D eigenvalue weighted by Crippen LogP contribution is -2.70. The summed E-state index contributed by atoms with van der Waals surface area (Å²) in [6.45, 7) is 5.95. The molecule has 7 heteroatoms. The summed E-state index contributed by atoms with van der Waals surface area (Å²) >= 11 is 0. The van der Waals surface area contributed by atoms with Crippen molar-refractivity contribution in [1.82, 2.24) is 14.7 Å². The zero-order valence-corrected chi connectivity index (χ0v) is 11.5. The maximum atomic E-state index is 11.4. The van der Waals surface area contributed by atoms with Crippen LogP contribution in [0.15, 0.2) is 6.20 Å². The van der Waals surface area contributed by atoms with Crippen LogP contribution >= 0.6 is 0 Å². The van der Waals surface area contributed by atoms with Gasteiger partial charge in [-0.1, -0.05) is 0 Å². The summed E-state index contributed by atoms with van der Waals surface area (Å²) < 4.78 is 7.37. The second-order valence-corrected chi connectivity index (χ2v) is 5.17. The summed E-state index contributed by atoms with van der Waals surface area (Å²) in [5.74, 6) is 0.396. The van der Waals surface area contributed by atoms with Crippen LogP contribution in [0.3, 0.4) is 0 Å². The third-order valence-electron chi connectivity index (χ3n) is 3.48. The van der Waals surface area contributed by atoms with Gasteiger partial charge in [0.1, 0.15) is 11.8 Å². The van der Waals surface area contributed by atoms with E-state index in [0.29, 0.717) is 24.5 Å². The zero-order valence-electron chi connectivity index (χ0n) is 11.5. The Morgan fingerprint density at radius 3 is 2.84 bits per heavy atom. The number of aryl methyl sites for hydroxylation is 1. The molecule has 1 aromatic rings. The predicted octanol–water partition coefficient (Wildman–Crippen LogP) is 0.376. The Kier molecular flexibility index (Phi) is 3.21. The number of rotatable bonds is 4. The Morgan fingerprint density at radius 1 is 1.63 bits per heavy atom. The summed E-state index contributed by atoms with van der Waals surface area (Å²) in [5, 5.41) is 6.70. The molecule has 2 heterocycles. The van der Waals surface area contributed by atoms with Crippen molar-refractivity contribution < 1.29 is 14.3 Å². The summed E-state index contributed by atoms with van der Waals surface area (Å²) in [5.41, 5.74) is 0.150. The molecule has 1 N–H and O–H groups in total. The van der Waals surface area contributed by atoms with E-state index in [2.05, 4.69) is 10.4 Å². The number of anilines is 1. The summed E-state index contributed by atoms with van der Waals surface area (Å²) in [6.07, 6.45) is 2.11. The minimum atomic E-state index is -0.373. The first-order valence-corrected chi connectivity index (χ1v) is 6.05. The summed E-state index contributed by atoms with van der Waals surface area (Å²) in [6, 6.07) is 0. The van der Waals surface area contributed by atoms with Gasteiger partial charge in [-0.25, -0.2) is 0 Å². The average molecular weight is 266 g/mol. The van der Waals surface area contributed by atoms with Crippen molar-refractivity contribution >= 4 is 18.0 Å². The predicted molar refractivity (Wildman–Crippen MR) is 68.8 cm³/mol. The van der Waals surface area contributed by atoms with Crippen molar-refractivity contribution in [3.63, 3.8) is 0 Å². The molecular weight excluding hydrogens is 248 g/mol. The number of ether oxygens (including phenoxy) is 1. The Hall–Kier alpha value is -2.05. The van der Waals surface area contributed by atoms with Gasteiger partial charge < -0.3 is 15.0 Å². The van der Waals surface area contributed by atoms with Crippen molar-refractivity contribution in [2.45, 2.75) is 32.4 Å². The van der Waals surface area contributed by atoms with Gasteiger partial charge in [0, 0.05) is 14.0 Å². The SMILES string of the molecule is CC(=O)N1C[C@@H](Oc2nn(C)cc2NC=O)C1(C)C. The van der Waals surface area contributed by atoms with Gasteiger partial charge in [-0.3, -0.25) is 14.3 Å². The maximum absolute atomic E-state index is 11.4. The first-order chi connectivity index (χ1) is 8.86. The molecule has 0 bridgehead atoms. The zero-order chi connectivity index (χ0) is 14.2. The largest absolute Gasteiger partial charge is 0.467 e. The number of nitrogens with zero attached hydrogens (tertiary/aromatic N) is 3. The lowest BCUT2D eigenvalue weighted by molar-refractivity contribution is -0.158. The van der Waals surface area contributed by atoms with Gasteiger partial charge in [-0.05, 0) is 13.8 Å². The third-order valence-corrected chi connectivity index (χ3v) is 3.48. The van der Waals surface area contributed by atoms with Crippen LogP contribution in [0, 0.1) is 0 Å². The van der Waals surface area contributed by atoms with E-state index in [0.717, 1.165) is 0 Å². The normalized spacial score (nSPS) is 20.6. The van der Waals surface area contributed by atoms with Crippen molar-refractivity contribution in [1.29, 1.82) is 0 Å². The van der Waals surface area contributed by atoms with Crippen LogP contribution in [0.25, 0.3) is 0 Å². The molecule has 1 fully saturated rings. The monoisotopic (exact) mass is 266 g/mol. The van der Waals surface area contributed by atoms with Crippen LogP contribution in [0.4, 0.5) is 5.69 Å². The highest BCUT2D eigenvalue weighted by atomic mass is 16.5. The molecular formula is C12H18N4O3. The molecule has 0 aliphatic carbocycles. The van der Waals surface area contributed by atoms with Gasteiger partial charge in [-0.2, -0.15) is 0 Å². The standard InChI is InChI=1S/C12H18N4O3/c1-8(18)16-6-10(12(16,2)3)19-11-9(13-7-17)5-15(4)14-11/h5,7,10H,6H2,1-4H3,(H,13,17)/t10-/m1/s1. The topological polar surface area (TPSA) is 76.5 Å². The second-order valence-electron chi connectivity index (χ2n) is 5.17. The van der Waals surface area contributed by atoms with Crippen LogP contribution < -0.4 is 10.1 Å². The number of amides is 2. The number of hydrogen-bond acceptors (Lipinski definition) is 4. The summed E-state index contributed by atoms with van der Waals surface area (Å²) in [4.78, 5) is 23.7. The smallest absolute Gasteiger partial charge is 0.257 e. The Labute approximate surface area is 111 Å². The third kappa shape index (κ3) is 2.27. The number of aromatic nitrogens is 2. The molecule has 0 spiro atoms. The maximum Gasteiger partial charge on any atom is 0.257 e. The number of likely N-dealkylation sites (tertiary alicyclic amines) is 1. The Bertz CT molecular complexity index is 509. The van der Waals surface area contributed by atoms with E-state index in [4.69, 9.17) is 4.74 Å². The lowest BCUT2D eigenvalue weighted by Gasteiger charge is -2.53. The highest BCUT2D eigenvalue weighted by Gasteiger charge is 2.50. The van der Waals surface area contributed by atoms with Crippen molar-refractivity contribution in [2.75, 3.05) is 11.9 Å². The van der Waals surface area contributed by atoms with Crippen LogP contribution in [0.5, 0.6) is 5.88 Å². The molecule has 1 saturated heterocycles. The van der Waals surface area contributed by atoms with Crippen molar-refractivity contribution in [2.24, 2.45) is 7.05 Å². The van der Waals surface area contributed by atoms with Crippen LogP contribution in [-0.4, -0.2) is 45.2 Å². The molecule has 0 saturated carbocycles. The van der Waals surface area contributed by atoms with Gasteiger partial charge >= 0.3 is 0 Å². The fourth-order valence-electron chi connectivity index (χ4n) is 2.25. The first-order valence-electron chi connectivity index (χ1n) is 6.05. The van der Waals surface area contributed by atoms with Gasteiger partial charge in [0.05, 0.1) is 18.3 Å². The Morgan fingerprint density at radius 2 is 2.32 bits per heavy atom. The van der Waals surface area contributed by atoms with Crippen LogP contribution in [0.2, 0.25) is 0 Å². The van der Waals surface area contributed by atoms with E-state index in [-0.39, 0.29) is 17.6 Å². The molecule has 1 aliphatic rings. The van der Waals surface area contributed by atoms with Gasteiger partial charge in [-0.15, -0.1) is 5.10 Å². The van der Waals surface area contributed by atoms with Crippen molar-refractivity contribution in [3.05, 3.63) is 6.20 Å². The van der Waals surface area contributed by atoms with E-state index < -0.39 is 0 Å². The molecule has 0 aromatic carbocycles. The number of carbonyl (C=O) groups excluding carboxylic acids is 2. The average Bonchev–Trinajstić information content (AvgIpc) is 2.64. The minimum absolute atomic E-state index is 0.0251. The quantitative estimate of drug-likeness (QED) is 0.799. The molecule has 104 valence electrons. The molecule has 0 radical (unpaired) electrons. The van der Waals surface area contributed by atoms with Gasteiger partial charge in [0.15, 0.2) is 0 Å². The lowest BCUT2D eigenvalue weighted by atomic mass is 9.85. The fourth-order valence-corrected chi connectivity index (χ4v) is 2.25. The number of nitrogens with one attached hydrogen (secondary N) is 1. The fraction of sp³-hybridized carbons (Fsp3) is 0.583. The highest BCUT2D eigenvalue weighted by molar-refractivity contribution is 5.76. The first kappa shape index (κ1) is 13.4. The summed E-state index contributed by atoms with van der Waals surface area (Å²) in [7, 11) is 1.75. The molecule has 2 rings (SSSR count). The van der Waals surface area contributed by atoms with E-state index in [1.807, 2.05) is 13.8 Å². The number of carbonyl (C=O) groups is 2. The van der Waals surface area contributed by atoms with Gasteiger partial charge in [0.2, 0.25) is 12.3 Å². The second kappa shape index (κ2) is 4.56. The van der Waals surface area contributed by atoms with Crippen LogP contribution in [-0.2, 0) is 16.6 Å². The van der Waals surface area contributed by atoms with E-state index >= 15 is 0 Å². The molecule has 1 aromatic heterocycles. The van der Waals surface area contributed by atoms with Crippen molar-refractivity contribution in [3.8, 4) is 5.88 Å². The molecule has 0 unspecified atom stereocenters. The molecule has 1 aliphatic heterocycles. The van der Waals surface area contributed by atoms with Gasteiger partial charge in [0.25, 0.3) is 5.88 Å². The van der Waals surface area contributed by atoms with E-state index in [1.54, 1.807) is 22.8 Å². The highest BCUT2D eigenvalue weighted by Crippen LogP contribution is 2.35. The van der Waals surface area contributed by atoms with E-state index in [1.165, 1.54) is 6.92 Å². The van der Waals surface area contributed by atoms with E-state index in [9.17, 15) is 9.59 Å².